The number of nitrogen functional groups attached to an aromatic ring is 2. The second-order valence-corrected chi connectivity index (χ2v) is 13.8. The van der Waals surface area contributed by atoms with E-state index in [1.807, 2.05) is 0 Å². The number of nitrogens with zero attached hydrogens (tertiary/aromatic N) is 1. The molecule has 332 valence electrons. The average molecular weight is 912 g/mol. The molecule has 0 heterocycles. The van der Waals surface area contributed by atoms with Crippen LogP contribution in [0.5, 0.6) is 0 Å². The Morgan fingerprint density at radius 1 is 0.286 bits per heavy atom. The third-order valence-corrected chi connectivity index (χ3v) is 9.35. The van der Waals surface area contributed by atoms with Crippen LogP contribution >= 0.6 is 0 Å². The quantitative estimate of drug-likeness (QED) is 0.129. The Labute approximate surface area is 342 Å². The predicted molar refractivity (Wildman–Crippen MR) is 196 cm³/mol. The lowest BCUT2D eigenvalue weighted by Crippen LogP contribution is -2.15. The van der Waals surface area contributed by atoms with Crippen molar-refractivity contribution in [2.45, 2.75) is 37.1 Å². The van der Waals surface area contributed by atoms with Crippen molar-refractivity contribution >= 4 is 28.4 Å². The minimum absolute atomic E-state index is 0.0391. The zero-order valence-corrected chi connectivity index (χ0v) is 30.9. The van der Waals surface area contributed by atoms with Gasteiger partial charge >= 0.3 is 37.1 Å². The number of halogens is 18. The van der Waals surface area contributed by atoms with Gasteiger partial charge in [-0.3, -0.25) is 0 Å². The Bertz CT molecular complexity index is 2410. The van der Waals surface area contributed by atoms with E-state index in [9.17, 15) is 79.0 Å². The zero-order chi connectivity index (χ0) is 46.8. The number of alkyl halides is 18. The maximum Gasteiger partial charge on any atom is 0.416 e. The van der Waals surface area contributed by atoms with Crippen LogP contribution in [0.25, 0.3) is 33.4 Å². The third-order valence-electron chi connectivity index (χ3n) is 9.35. The highest BCUT2D eigenvalue weighted by Gasteiger charge is 2.41. The SMILES string of the molecule is Nc1ccc(N(c2ccc(N)cc2)c2c(-c3cc(C(F)(F)F)cc(C(F)(F)F)c3)cc(-c3cc(C(F)(F)F)cc(C(F)(F)F)c3)cc2-c2cc(C(F)(F)F)cc(C(F)(F)F)c2)cc1. The maximum absolute atomic E-state index is 14.4. The van der Waals surface area contributed by atoms with Gasteiger partial charge in [-0.2, -0.15) is 79.0 Å². The third kappa shape index (κ3) is 10.1. The zero-order valence-electron chi connectivity index (χ0n) is 30.9. The van der Waals surface area contributed by atoms with Crippen LogP contribution in [-0.4, -0.2) is 0 Å². The lowest BCUT2D eigenvalue weighted by atomic mass is 9.87. The van der Waals surface area contributed by atoms with Crippen LogP contribution in [0, 0.1) is 0 Å². The fourth-order valence-electron chi connectivity index (χ4n) is 6.48. The minimum atomic E-state index is -5.59. The molecule has 0 fully saturated rings. The lowest BCUT2D eigenvalue weighted by molar-refractivity contribution is -0.144. The van der Waals surface area contributed by atoms with E-state index in [2.05, 4.69) is 0 Å². The van der Waals surface area contributed by atoms with Crippen molar-refractivity contribution < 1.29 is 79.0 Å². The van der Waals surface area contributed by atoms with Gasteiger partial charge in [0, 0.05) is 33.9 Å². The molecule has 0 atom stereocenters. The van der Waals surface area contributed by atoms with Crippen molar-refractivity contribution in [1.29, 1.82) is 0 Å². The highest BCUT2D eigenvalue weighted by Crippen LogP contribution is 2.52. The summed E-state index contributed by atoms with van der Waals surface area (Å²) in [7, 11) is 0. The van der Waals surface area contributed by atoms with Crippen molar-refractivity contribution in [1.82, 2.24) is 0 Å². The summed E-state index contributed by atoms with van der Waals surface area (Å²) in [5.41, 5.74) is -7.65. The molecule has 0 bridgehead atoms. The average Bonchev–Trinajstić information content (AvgIpc) is 3.16. The Balaban J connectivity index is 1.94. The van der Waals surface area contributed by atoms with Gasteiger partial charge in [-0.05, 0) is 138 Å². The molecule has 0 radical (unpaired) electrons. The van der Waals surface area contributed by atoms with E-state index in [-0.39, 0.29) is 77.3 Å². The summed E-state index contributed by atoms with van der Waals surface area (Å²) in [4.78, 5) is 0.946. The van der Waals surface area contributed by atoms with Gasteiger partial charge in [0.05, 0.1) is 39.1 Å². The maximum atomic E-state index is 14.4. The van der Waals surface area contributed by atoms with Crippen molar-refractivity contribution in [3.8, 4) is 33.4 Å². The van der Waals surface area contributed by atoms with Gasteiger partial charge < -0.3 is 16.4 Å². The predicted octanol–water partition coefficient (Wildman–Crippen LogP) is 15.4. The Kier molecular flexibility index (Phi) is 11.4. The van der Waals surface area contributed by atoms with Crippen molar-refractivity contribution in [3.63, 3.8) is 0 Å². The van der Waals surface area contributed by atoms with E-state index in [1.54, 1.807) is 0 Å². The minimum Gasteiger partial charge on any atom is -0.399 e. The molecule has 0 saturated heterocycles. The highest BCUT2D eigenvalue weighted by molar-refractivity contribution is 6.00. The van der Waals surface area contributed by atoms with Crippen LogP contribution in [0.1, 0.15) is 33.4 Å². The van der Waals surface area contributed by atoms with Gasteiger partial charge in [0.25, 0.3) is 0 Å². The molecule has 6 aromatic carbocycles. The first-order valence-electron chi connectivity index (χ1n) is 17.4. The molecule has 0 unspecified atom stereocenters. The number of rotatable bonds is 6. The molecule has 0 aromatic heterocycles. The molecule has 6 rings (SSSR count). The van der Waals surface area contributed by atoms with Gasteiger partial charge in [-0.25, -0.2) is 0 Å². The van der Waals surface area contributed by atoms with E-state index in [1.165, 1.54) is 48.5 Å². The number of hydrogen-bond donors (Lipinski definition) is 2. The second-order valence-electron chi connectivity index (χ2n) is 13.8. The normalized spacial score (nSPS) is 13.0. The number of benzene rings is 6. The largest absolute Gasteiger partial charge is 0.416 e. The van der Waals surface area contributed by atoms with Crippen LogP contribution in [0.15, 0.2) is 115 Å². The molecule has 6 aromatic rings. The van der Waals surface area contributed by atoms with E-state index in [0.29, 0.717) is 12.1 Å². The van der Waals surface area contributed by atoms with Gasteiger partial charge in [-0.15, -0.1) is 0 Å². The molecule has 4 N–H and O–H groups in total. The van der Waals surface area contributed by atoms with Crippen LogP contribution in [0.2, 0.25) is 0 Å². The molecule has 0 amide bonds. The second kappa shape index (κ2) is 15.7. The highest BCUT2D eigenvalue weighted by atomic mass is 19.4. The summed E-state index contributed by atoms with van der Waals surface area (Å²) in [6, 6.07) is 10.3. The summed E-state index contributed by atoms with van der Waals surface area (Å²) >= 11 is 0. The first-order valence-corrected chi connectivity index (χ1v) is 17.4. The van der Waals surface area contributed by atoms with E-state index < -0.39 is 110 Å². The summed E-state index contributed by atoms with van der Waals surface area (Å²) in [5.74, 6) is 0. The Hall–Kier alpha value is -6.54. The topological polar surface area (TPSA) is 55.3 Å². The lowest BCUT2D eigenvalue weighted by Gasteiger charge is -2.32. The summed E-state index contributed by atoms with van der Waals surface area (Å²) in [6.07, 6.45) is -33.4. The summed E-state index contributed by atoms with van der Waals surface area (Å²) in [6.45, 7) is 0. The van der Waals surface area contributed by atoms with Crippen LogP contribution in [0.4, 0.5) is 107 Å². The van der Waals surface area contributed by atoms with Crippen LogP contribution in [-0.2, 0) is 37.1 Å². The van der Waals surface area contributed by atoms with Gasteiger partial charge in [0.15, 0.2) is 0 Å². The van der Waals surface area contributed by atoms with Crippen molar-refractivity contribution in [3.05, 3.63) is 149 Å². The van der Waals surface area contributed by atoms with Crippen LogP contribution in [0.3, 0.4) is 0 Å². The monoisotopic (exact) mass is 911 g/mol. The fraction of sp³-hybridized carbons (Fsp3) is 0.143. The Morgan fingerprint density at radius 2 is 0.508 bits per heavy atom. The molecular weight excluding hydrogens is 888 g/mol. The first kappa shape index (κ1) is 46.0. The van der Waals surface area contributed by atoms with Gasteiger partial charge in [0.1, 0.15) is 0 Å². The van der Waals surface area contributed by atoms with Crippen molar-refractivity contribution in [2.75, 3.05) is 16.4 Å². The molecule has 0 aliphatic carbocycles. The standard InChI is InChI=1S/C42H23F18N3/c43-37(44,45)24-9-20(10-25(17-24)38(46,47)48)21-15-34(22-11-26(39(49,50)51)18-27(12-22)40(52,53)54)36(63(32-5-1-30(61)2-6-32)33-7-3-31(62)4-8-33)35(16-21)23-13-28(41(55,56)57)19-29(14-23)42(58,59)60/h1-19H,61-62H2. The summed E-state index contributed by atoms with van der Waals surface area (Å²) < 4.78 is 258. The van der Waals surface area contributed by atoms with E-state index in [4.69, 9.17) is 11.5 Å². The first-order chi connectivity index (χ1) is 28.8. The molecule has 0 spiro atoms. The number of anilines is 5. The van der Waals surface area contributed by atoms with Gasteiger partial charge in [-0.1, -0.05) is 0 Å². The molecule has 0 aliphatic rings. The number of nitrogens with two attached hydrogens (primary N) is 2. The van der Waals surface area contributed by atoms with Crippen LogP contribution < -0.4 is 16.4 Å². The smallest absolute Gasteiger partial charge is 0.399 e. The molecule has 0 aliphatic heterocycles. The molecule has 63 heavy (non-hydrogen) atoms. The number of hydrogen-bond acceptors (Lipinski definition) is 3. The van der Waals surface area contributed by atoms with Gasteiger partial charge in [0.2, 0.25) is 0 Å². The van der Waals surface area contributed by atoms with E-state index in [0.717, 1.165) is 4.90 Å². The molecular formula is C42H23F18N3. The fourth-order valence-corrected chi connectivity index (χ4v) is 6.48. The molecule has 0 saturated carbocycles. The molecule has 3 nitrogen and oxygen atoms in total. The van der Waals surface area contributed by atoms with E-state index >= 15 is 0 Å². The molecule has 21 heteroatoms. The Morgan fingerprint density at radius 3 is 0.746 bits per heavy atom. The summed E-state index contributed by atoms with van der Waals surface area (Å²) in [5, 5.41) is 0. The van der Waals surface area contributed by atoms with Crippen molar-refractivity contribution in [2.24, 2.45) is 0 Å².